The third-order valence-electron chi connectivity index (χ3n) is 3.77. The van der Waals surface area contributed by atoms with Crippen molar-refractivity contribution in [2.24, 2.45) is 0 Å². The molecule has 17 heavy (non-hydrogen) atoms. The van der Waals surface area contributed by atoms with Crippen LogP contribution in [0, 0.1) is 0 Å². The third-order valence-corrected chi connectivity index (χ3v) is 5.05. The van der Waals surface area contributed by atoms with Crippen molar-refractivity contribution in [2.45, 2.75) is 30.7 Å². The van der Waals surface area contributed by atoms with Crippen molar-refractivity contribution in [3.8, 4) is 0 Å². The Balaban J connectivity index is 2.03. The summed E-state index contributed by atoms with van der Waals surface area (Å²) in [6.45, 7) is 1.05. The number of thiazole rings is 1. The number of rotatable bonds is 5. The molecule has 0 radical (unpaired) electrons. The Bertz CT molecular complexity index is 374. The van der Waals surface area contributed by atoms with Gasteiger partial charge in [-0.2, -0.15) is 0 Å². The molecule has 1 heterocycles. The zero-order chi connectivity index (χ0) is 12.5. The molecule has 5 heteroatoms. The fourth-order valence-electron chi connectivity index (χ4n) is 2.37. The van der Waals surface area contributed by atoms with Crippen LogP contribution in [0.3, 0.4) is 0 Å². The smallest absolute Gasteiger partial charge is 0.185 e. The van der Waals surface area contributed by atoms with Crippen LogP contribution in [0.15, 0.2) is 5.38 Å². The second-order valence-corrected chi connectivity index (χ2v) is 6.19. The summed E-state index contributed by atoms with van der Waals surface area (Å²) >= 11 is 7.47. The van der Waals surface area contributed by atoms with Crippen molar-refractivity contribution in [1.29, 1.82) is 0 Å². The van der Waals surface area contributed by atoms with E-state index in [-0.39, 0.29) is 0 Å². The summed E-state index contributed by atoms with van der Waals surface area (Å²) in [7, 11) is 6.48. The molecule has 1 fully saturated rings. The summed E-state index contributed by atoms with van der Waals surface area (Å²) in [5.74, 6) is 0.503. The van der Waals surface area contributed by atoms with Crippen LogP contribution in [0.1, 0.15) is 25.0 Å². The highest BCUT2D eigenvalue weighted by molar-refractivity contribution is 7.13. The van der Waals surface area contributed by atoms with Gasteiger partial charge < -0.3 is 9.80 Å². The summed E-state index contributed by atoms with van der Waals surface area (Å²) in [4.78, 5) is 9.15. The van der Waals surface area contributed by atoms with Crippen LogP contribution in [-0.2, 0) is 5.88 Å². The SMILES string of the molecule is CN(CC1(N(C)C)CCC1)c1nc(CCl)cs1. The Hall–Kier alpha value is -0.320. The second-order valence-electron chi connectivity index (χ2n) is 5.08. The monoisotopic (exact) mass is 273 g/mol. The average molecular weight is 274 g/mol. The van der Waals surface area contributed by atoms with Gasteiger partial charge in [0.25, 0.3) is 0 Å². The Kier molecular flexibility index (Phi) is 3.95. The van der Waals surface area contributed by atoms with Crippen LogP contribution in [0.2, 0.25) is 0 Å². The number of likely N-dealkylation sites (N-methyl/N-ethyl adjacent to an activating group) is 2. The fraction of sp³-hybridized carbons (Fsp3) is 0.750. The van der Waals surface area contributed by atoms with E-state index in [4.69, 9.17) is 11.6 Å². The number of aromatic nitrogens is 1. The maximum absolute atomic E-state index is 5.78. The molecule has 1 aliphatic rings. The normalized spacial score (nSPS) is 18.2. The highest BCUT2D eigenvalue weighted by Gasteiger charge is 2.40. The topological polar surface area (TPSA) is 19.4 Å². The van der Waals surface area contributed by atoms with Crippen LogP contribution in [0.5, 0.6) is 0 Å². The minimum Gasteiger partial charge on any atom is -0.349 e. The number of hydrogen-bond acceptors (Lipinski definition) is 4. The molecule has 0 bridgehead atoms. The number of anilines is 1. The van der Waals surface area contributed by atoms with Crippen molar-refractivity contribution in [3.05, 3.63) is 11.1 Å². The molecule has 0 aromatic carbocycles. The molecule has 0 aliphatic heterocycles. The molecule has 3 nitrogen and oxygen atoms in total. The van der Waals surface area contributed by atoms with Crippen molar-refractivity contribution in [3.63, 3.8) is 0 Å². The molecule has 1 aliphatic carbocycles. The third kappa shape index (κ3) is 2.59. The molecule has 0 unspecified atom stereocenters. The van der Waals surface area contributed by atoms with Crippen LogP contribution in [-0.4, -0.2) is 43.1 Å². The number of nitrogens with zero attached hydrogens (tertiary/aromatic N) is 3. The minimum atomic E-state index is 0.349. The largest absolute Gasteiger partial charge is 0.349 e. The average Bonchev–Trinajstić information content (AvgIpc) is 2.71. The zero-order valence-corrected chi connectivity index (χ0v) is 12.3. The molecular weight excluding hydrogens is 254 g/mol. The number of hydrogen-bond donors (Lipinski definition) is 0. The van der Waals surface area contributed by atoms with E-state index in [0.29, 0.717) is 11.4 Å². The van der Waals surface area contributed by atoms with Gasteiger partial charge in [-0.25, -0.2) is 4.98 Å². The predicted molar refractivity (Wildman–Crippen MR) is 75.2 cm³/mol. The maximum Gasteiger partial charge on any atom is 0.185 e. The first-order valence-corrected chi connectivity index (χ1v) is 7.38. The van der Waals surface area contributed by atoms with Gasteiger partial charge in [-0.15, -0.1) is 22.9 Å². The van der Waals surface area contributed by atoms with Crippen molar-refractivity contribution >= 4 is 28.1 Å². The maximum atomic E-state index is 5.78. The molecule has 0 atom stereocenters. The lowest BCUT2D eigenvalue weighted by molar-refractivity contribution is 0.0683. The molecule has 1 aromatic heterocycles. The Morgan fingerprint density at radius 3 is 2.53 bits per heavy atom. The molecule has 0 N–H and O–H groups in total. The van der Waals surface area contributed by atoms with E-state index in [0.717, 1.165) is 17.4 Å². The fourth-order valence-corrected chi connectivity index (χ4v) is 3.39. The summed E-state index contributed by atoms with van der Waals surface area (Å²) < 4.78 is 0. The molecule has 1 saturated carbocycles. The van der Waals surface area contributed by atoms with Gasteiger partial charge >= 0.3 is 0 Å². The standard InChI is InChI=1S/C12H20ClN3S/c1-15(2)12(5-4-6-12)9-16(3)11-14-10(7-13)8-17-11/h8H,4-7,9H2,1-3H3. The minimum absolute atomic E-state index is 0.349. The lowest BCUT2D eigenvalue weighted by Crippen LogP contribution is -2.56. The molecule has 0 amide bonds. The van der Waals surface area contributed by atoms with E-state index in [2.05, 4.69) is 35.9 Å². The Morgan fingerprint density at radius 2 is 2.12 bits per heavy atom. The predicted octanol–water partition coefficient (Wildman–Crippen LogP) is 2.80. The summed E-state index contributed by atoms with van der Waals surface area (Å²) in [5, 5.41) is 3.12. The van der Waals surface area contributed by atoms with Gasteiger partial charge in [-0.05, 0) is 33.4 Å². The summed E-state index contributed by atoms with van der Waals surface area (Å²) in [6, 6.07) is 0. The molecule has 0 saturated heterocycles. The van der Waals surface area contributed by atoms with Crippen molar-refractivity contribution in [2.75, 3.05) is 32.6 Å². The molecule has 1 aromatic rings. The van der Waals surface area contributed by atoms with E-state index < -0.39 is 0 Å². The Labute approximate surface area is 112 Å². The van der Waals surface area contributed by atoms with Crippen LogP contribution >= 0.6 is 22.9 Å². The lowest BCUT2D eigenvalue weighted by Gasteiger charge is -2.49. The highest BCUT2D eigenvalue weighted by Crippen LogP contribution is 2.37. The van der Waals surface area contributed by atoms with Gasteiger partial charge in [0.2, 0.25) is 0 Å². The number of alkyl halides is 1. The first kappa shape index (κ1) is 13.1. The first-order chi connectivity index (χ1) is 8.07. The quantitative estimate of drug-likeness (QED) is 0.769. The Morgan fingerprint density at radius 1 is 1.41 bits per heavy atom. The van der Waals surface area contributed by atoms with E-state index in [9.17, 15) is 0 Å². The van der Waals surface area contributed by atoms with Crippen LogP contribution in [0.4, 0.5) is 5.13 Å². The van der Waals surface area contributed by atoms with Gasteiger partial charge in [-0.1, -0.05) is 0 Å². The van der Waals surface area contributed by atoms with E-state index in [1.54, 1.807) is 11.3 Å². The van der Waals surface area contributed by atoms with Gasteiger partial charge in [-0.3, -0.25) is 0 Å². The van der Waals surface area contributed by atoms with Crippen LogP contribution in [0.25, 0.3) is 0 Å². The van der Waals surface area contributed by atoms with Crippen LogP contribution < -0.4 is 4.90 Å². The lowest BCUT2D eigenvalue weighted by atomic mass is 9.75. The summed E-state index contributed by atoms with van der Waals surface area (Å²) in [6.07, 6.45) is 3.92. The number of halogens is 1. The molecule has 96 valence electrons. The highest BCUT2D eigenvalue weighted by atomic mass is 35.5. The molecule has 0 spiro atoms. The summed E-state index contributed by atoms with van der Waals surface area (Å²) in [5.41, 5.74) is 1.33. The zero-order valence-electron chi connectivity index (χ0n) is 10.7. The van der Waals surface area contributed by atoms with E-state index in [1.807, 2.05) is 5.38 Å². The van der Waals surface area contributed by atoms with Gasteiger partial charge in [0.15, 0.2) is 5.13 Å². The van der Waals surface area contributed by atoms with E-state index >= 15 is 0 Å². The van der Waals surface area contributed by atoms with Gasteiger partial charge in [0, 0.05) is 24.5 Å². The first-order valence-electron chi connectivity index (χ1n) is 5.96. The van der Waals surface area contributed by atoms with Crippen molar-refractivity contribution in [1.82, 2.24) is 9.88 Å². The molecule has 2 rings (SSSR count). The molecular formula is C12H20ClN3S. The second kappa shape index (κ2) is 5.12. The van der Waals surface area contributed by atoms with Gasteiger partial charge in [0.05, 0.1) is 11.6 Å². The van der Waals surface area contributed by atoms with E-state index in [1.165, 1.54) is 19.3 Å². The van der Waals surface area contributed by atoms with Gasteiger partial charge in [0.1, 0.15) is 0 Å². The van der Waals surface area contributed by atoms with Crippen molar-refractivity contribution < 1.29 is 0 Å².